The molecular weight excluding hydrogens is 429 g/mol. The van der Waals surface area contributed by atoms with E-state index in [0.29, 0.717) is 30.0 Å². The highest BCUT2D eigenvalue weighted by atomic mass is 35.5. The Labute approximate surface area is 187 Å². The summed E-state index contributed by atoms with van der Waals surface area (Å²) in [4.78, 5) is 0. The van der Waals surface area contributed by atoms with Gasteiger partial charge in [0.05, 0.1) is 17.0 Å². The Morgan fingerprint density at radius 2 is 1.83 bits per heavy atom. The van der Waals surface area contributed by atoms with Crippen LogP contribution in [0.3, 0.4) is 0 Å². The zero-order chi connectivity index (χ0) is 22.7. The molecule has 0 aliphatic rings. The van der Waals surface area contributed by atoms with E-state index in [9.17, 15) is 19.1 Å². The van der Waals surface area contributed by atoms with Crippen molar-refractivity contribution in [2.75, 3.05) is 20.2 Å². The summed E-state index contributed by atoms with van der Waals surface area (Å²) in [6.07, 6.45) is 1.30. The number of aliphatic hydroxyl groups excluding tert-OH is 1. The summed E-state index contributed by atoms with van der Waals surface area (Å²) in [5, 5.41) is 22.4. The fourth-order valence-electron chi connectivity index (χ4n) is 2.94. The molecule has 0 amide bonds. The van der Waals surface area contributed by atoms with Crippen molar-refractivity contribution in [3.63, 3.8) is 0 Å². The predicted octanol–water partition coefficient (Wildman–Crippen LogP) is 6.20. The van der Waals surface area contributed by atoms with Gasteiger partial charge in [0.2, 0.25) is 0 Å². The number of aliphatic hydroxyl groups is 1. The van der Waals surface area contributed by atoms with E-state index in [1.54, 1.807) is 31.3 Å². The zero-order valence-electron chi connectivity index (χ0n) is 17.4. The Hall–Kier alpha value is -1.71. The van der Waals surface area contributed by atoms with E-state index in [1.165, 1.54) is 18.2 Å². The van der Waals surface area contributed by atoms with Crippen molar-refractivity contribution in [3.8, 4) is 6.07 Å². The number of likely N-dealkylation sites (N-methyl/N-ethyl adjacent to an activating group) is 1. The molecule has 2 unspecified atom stereocenters. The maximum atomic E-state index is 14.3. The third kappa shape index (κ3) is 8.57. The summed E-state index contributed by atoms with van der Waals surface area (Å²) >= 11 is 11.3. The van der Waals surface area contributed by atoms with Crippen LogP contribution in [0, 0.1) is 34.3 Å². The minimum Gasteiger partial charge on any atom is -0.396 e. The number of nitrogens with one attached hydrogen (secondary N) is 1. The Bertz CT molecular complexity index is 823. The molecule has 0 bridgehead atoms. The standard InChI is InChI=1S/C17H24ClFN2O.C6H4ClF/c1-17(2,11-22)8-7-12(9-20)14(10-21-3)13-5-4-6-15(18)16(13)19;7-5-2-1-3-6(8)4-5/h4-6,12,14,21-22H,7-8,10-11H2,1-3H3;1-4H. The van der Waals surface area contributed by atoms with Crippen molar-refractivity contribution in [2.45, 2.75) is 32.6 Å². The third-order valence-electron chi connectivity index (χ3n) is 4.80. The molecule has 2 aromatic rings. The van der Waals surface area contributed by atoms with Gasteiger partial charge in [-0.3, -0.25) is 0 Å². The molecule has 0 saturated heterocycles. The average Bonchev–Trinajstić information content (AvgIpc) is 2.70. The van der Waals surface area contributed by atoms with Crippen LogP contribution in [-0.2, 0) is 0 Å². The Balaban J connectivity index is 0.000000467. The van der Waals surface area contributed by atoms with E-state index >= 15 is 0 Å². The fourth-order valence-corrected chi connectivity index (χ4v) is 3.30. The number of nitriles is 1. The molecule has 2 atom stereocenters. The molecule has 0 fully saturated rings. The normalized spacial score (nSPS) is 13.0. The monoisotopic (exact) mass is 456 g/mol. The van der Waals surface area contributed by atoms with Gasteiger partial charge in [-0.1, -0.05) is 55.2 Å². The molecule has 0 heterocycles. The first-order valence-electron chi connectivity index (χ1n) is 9.65. The van der Waals surface area contributed by atoms with Gasteiger partial charge in [-0.2, -0.15) is 5.26 Å². The number of benzene rings is 2. The fraction of sp³-hybridized carbons (Fsp3) is 0.435. The lowest BCUT2D eigenvalue weighted by atomic mass is 9.79. The molecule has 0 spiro atoms. The quantitative estimate of drug-likeness (QED) is 0.496. The van der Waals surface area contributed by atoms with Gasteiger partial charge in [0, 0.05) is 24.1 Å². The van der Waals surface area contributed by atoms with Crippen LogP contribution in [-0.4, -0.2) is 25.3 Å². The van der Waals surface area contributed by atoms with Crippen molar-refractivity contribution in [1.29, 1.82) is 5.26 Å². The van der Waals surface area contributed by atoms with Crippen LogP contribution in [0.4, 0.5) is 8.78 Å². The van der Waals surface area contributed by atoms with Crippen LogP contribution in [0.25, 0.3) is 0 Å². The molecule has 30 heavy (non-hydrogen) atoms. The number of halogens is 4. The maximum Gasteiger partial charge on any atom is 0.145 e. The van der Waals surface area contributed by atoms with Gasteiger partial charge >= 0.3 is 0 Å². The lowest BCUT2D eigenvalue weighted by molar-refractivity contribution is 0.142. The van der Waals surface area contributed by atoms with Crippen molar-refractivity contribution < 1.29 is 13.9 Å². The smallest absolute Gasteiger partial charge is 0.145 e. The molecule has 3 nitrogen and oxygen atoms in total. The summed E-state index contributed by atoms with van der Waals surface area (Å²) in [5.74, 6) is -1.36. The van der Waals surface area contributed by atoms with Gasteiger partial charge in [0.15, 0.2) is 0 Å². The summed E-state index contributed by atoms with van der Waals surface area (Å²) in [6, 6.07) is 13.0. The van der Waals surface area contributed by atoms with Crippen molar-refractivity contribution in [3.05, 3.63) is 69.7 Å². The molecule has 0 radical (unpaired) electrons. The van der Waals surface area contributed by atoms with Gasteiger partial charge < -0.3 is 10.4 Å². The second-order valence-electron chi connectivity index (χ2n) is 7.84. The molecule has 0 aromatic heterocycles. The average molecular weight is 457 g/mol. The van der Waals surface area contributed by atoms with Crippen LogP contribution in [0.1, 0.15) is 38.2 Å². The third-order valence-corrected chi connectivity index (χ3v) is 5.33. The molecule has 2 rings (SSSR count). The van der Waals surface area contributed by atoms with Crippen LogP contribution < -0.4 is 5.32 Å². The van der Waals surface area contributed by atoms with Crippen LogP contribution in [0.2, 0.25) is 10.0 Å². The zero-order valence-corrected chi connectivity index (χ0v) is 18.9. The Morgan fingerprint density at radius 1 is 1.17 bits per heavy atom. The minimum atomic E-state index is -0.453. The van der Waals surface area contributed by atoms with Crippen molar-refractivity contribution >= 4 is 23.2 Å². The first kappa shape index (κ1) is 26.3. The predicted molar refractivity (Wildman–Crippen MR) is 119 cm³/mol. The highest BCUT2D eigenvalue weighted by Crippen LogP contribution is 2.34. The van der Waals surface area contributed by atoms with Gasteiger partial charge in [-0.05, 0) is 55.1 Å². The maximum absolute atomic E-state index is 14.3. The van der Waals surface area contributed by atoms with E-state index < -0.39 is 5.82 Å². The molecule has 0 saturated carbocycles. The summed E-state index contributed by atoms with van der Waals surface area (Å²) in [6.45, 7) is 4.46. The van der Waals surface area contributed by atoms with Gasteiger partial charge in [0.25, 0.3) is 0 Å². The number of rotatable bonds is 8. The first-order valence-corrected chi connectivity index (χ1v) is 10.4. The second-order valence-corrected chi connectivity index (χ2v) is 8.69. The molecule has 2 aromatic carbocycles. The van der Waals surface area contributed by atoms with Crippen LogP contribution in [0.15, 0.2) is 42.5 Å². The van der Waals surface area contributed by atoms with Gasteiger partial charge in [-0.15, -0.1) is 0 Å². The molecule has 2 N–H and O–H groups in total. The van der Waals surface area contributed by atoms with E-state index in [1.807, 2.05) is 13.8 Å². The number of hydrogen-bond donors (Lipinski definition) is 2. The summed E-state index contributed by atoms with van der Waals surface area (Å²) in [5.41, 5.74) is 0.224. The molecule has 0 aliphatic carbocycles. The van der Waals surface area contributed by atoms with Crippen LogP contribution >= 0.6 is 23.2 Å². The van der Waals surface area contributed by atoms with Crippen molar-refractivity contribution in [1.82, 2.24) is 5.32 Å². The highest BCUT2D eigenvalue weighted by Gasteiger charge is 2.28. The SMILES string of the molecule is CNCC(c1cccc(Cl)c1F)C(C#N)CCC(C)(C)CO.Fc1cccc(Cl)c1. The van der Waals surface area contributed by atoms with E-state index in [-0.39, 0.29) is 34.7 Å². The van der Waals surface area contributed by atoms with Crippen LogP contribution in [0.5, 0.6) is 0 Å². The molecular formula is C23H28Cl2F2N2O. The lowest BCUT2D eigenvalue weighted by Crippen LogP contribution is -2.26. The Morgan fingerprint density at radius 3 is 2.33 bits per heavy atom. The summed E-state index contributed by atoms with van der Waals surface area (Å²) in [7, 11) is 1.78. The summed E-state index contributed by atoms with van der Waals surface area (Å²) < 4.78 is 26.4. The van der Waals surface area contributed by atoms with Gasteiger partial charge in [0.1, 0.15) is 11.6 Å². The number of hydrogen-bond acceptors (Lipinski definition) is 3. The first-order chi connectivity index (χ1) is 14.1. The van der Waals surface area contributed by atoms with E-state index in [2.05, 4.69) is 11.4 Å². The molecule has 7 heteroatoms. The molecule has 164 valence electrons. The largest absolute Gasteiger partial charge is 0.396 e. The van der Waals surface area contributed by atoms with Crippen molar-refractivity contribution in [2.24, 2.45) is 11.3 Å². The lowest BCUT2D eigenvalue weighted by Gasteiger charge is -2.27. The van der Waals surface area contributed by atoms with Gasteiger partial charge in [-0.25, -0.2) is 8.78 Å². The highest BCUT2D eigenvalue weighted by molar-refractivity contribution is 6.31. The molecule has 0 aliphatic heterocycles. The number of nitrogens with zero attached hydrogens (tertiary/aromatic N) is 1. The van der Waals surface area contributed by atoms with E-state index in [4.69, 9.17) is 23.2 Å². The Kier molecular flexibility index (Phi) is 11.3. The topological polar surface area (TPSA) is 56.0 Å². The van der Waals surface area contributed by atoms with E-state index in [0.717, 1.165) is 0 Å². The minimum absolute atomic E-state index is 0.0629. The second kappa shape index (κ2) is 12.9.